The molecule has 0 unspecified atom stereocenters. The first-order valence-electron chi connectivity index (χ1n) is 11.7. The number of hydrogen-bond acceptors (Lipinski definition) is 3. The third kappa shape index (κ3) is 5.84. The standard InChI is InChI=1S/C20H18GeNO.C11H8N.Ir/c1-21(2,3)15-9-10-16-17-12-18(14-7-5-4-6-8-14)22-13-20(17)23-19(16)11-15;1-2-6-10(7-3-1)11-8-4-5-9-12-11;/h4-7,9-13H,1-3H3;1-6,8-9H;/q2*-1;. The summed E-state index contributed by atoms with van der Waals surface area (Å²) in [7, 11) is 0. The van der Waals surface area contributed by atoms with Crippen molar-refractivity contribution in [2.24, 2.45) is 0 Å². The number of fused-ring (bicyclic) bond motifs is 3. The van der Waals surface area contributed by atoms with Crippen molar-refractivity contribution in [3.05, 3.63) is 116 Å². The van der Waals surface area contributed by atoms with Crippen molar-refractivity contribution < 1.29 is 24.5 Å². The molecule has 3 aromatic carbocycles. The largest absolute Gasteiger partial charge is 0.305 e. The zero-order valence-corrected chi connectivity index (χ0v) is 24.9. The second kappa shape index (κ2) is 11.3. The van der Waals surface area contributed by atoms with Crippen molar-refractivity contribution in [1.82, 2.24) is 9.97 Å². The van der Waals surface area contributed by atoms with E-state index in [1.54, 1.807) is 6.20 Å². The first kappa shape index (κ1) is 26.0. The van der Waals surface area contributed by atoms with Crippen LogP contribution in [0.15, 0.2) is 108 Å². The summed E-state index contributed by atoms with van der Waals surface area (Å²) in [5.74, 6) is 7.19. The summed E-state index contributed by atoms with van der Waals surface area (Å²) >= 11 is -1.85. The fourth-order valence-electron chi connectivity index (χ4n) is 3.92. The number of aromatic nitrogens is 2. The Balaban J connectivity index is 0.000000198. The van der Waals surface area contributed by atoms with Crippen LogP contribution in [0.2, 0.25) is 17.3 Å². The SMILES string of the molecule is [CH3][Ge]([CH3])([CH3])[c]1ccc2c(c1)oc1cnc(-c3[c-]cccc3)cc12.[Ir].[c-]1ccccc1-c1ccccn1. The molecule has 3 heterocycles. The molecule has 6 rings (SSSR count). The Morgan fingerprint density at radius 2 is 1.36 bits per heavy atom. The van der Waals surface area contributed by atoms with Crippen molar-refractivity contribution in [1.29, 1.82) is 0 Å². The average molecular weight is 707 g/mol. The molecule has 0 amide bonds. The van der Waals surface area contributed by atoms with Crippen molar-refractivity contribution in [3.8, 4) is 22.5 Å². The quantitative estimate of drug-likeness (QED) is 0.141. The van der Waals surface area contributed by atoms with Crippen LogP contribution < -0.4 is 4.40 Å². The molecule has 3 nitrogen and oxygen atoms in total. The van der Waals surface area contributed by atoms with Gasteiger partial charge in [-0.05, 0) is 11.8 Å². The summed E-state index contributed by atoms with van der Waals surface area (Å²) in [4.78, 5) is 8.75. The van der Waals surface area contributed by atoms with E-state index in [4.69, 9.17) is 4.42 Å². The second-order valence-electron chi connectivity index (χ2n) is 9.40. The van der Waals surface area contributed by atoms with Crippen LogP contribution in [0.3, 0.4) is 0 Å². The molecule has 36 heavy (non-hydrogen) atoms. The van der Waals surface area contributed by atoms with Gasteiger partial charge < -0.3 is 4.98 Å². The Morgan fingerprint density at radius 3 is 1.97 bits per heavy atom. The Bertz CT molecular complexity index is 1520. The van der Waals surface area contributed by atoms with E-state index in [0.29, 0.717) is 0 Å². The van der Waals surface area contributed by atoms with E-state index in [1.165, 1.54) is 4.40 Å². The van der Waals surface area contributed by atoms with Gasteiger partial charge in [0.25, 0.3) is 0 Å². The summed E-state index contributed by atoms with van der Waals surface area (Å²) < 4.78 is 7.50. The van der Waals surface area contributed by atoms with Crippen LogP contribution in [0, 0.1) is 12.1 Å². The van der Waals surface area contributed by atoms with Gasteiger partial charge in [-0.1, -0.05) is 12.1 Å². The van der Waals surface area contributed by atoms with Crippen LogP contribution in [0.1, 0.15) is 0 Å². The Labute approximate surface area is 228 Å². The molecule has 0 fully saturated rings. The van der Waals surface area contributed by atoms with Gasteiger partial charge in [-0.25, -0.2) is 0 Å². The van der Waals surface area contributed by atoms with Crippen molar-refractivity contribution in [2.45, 2.75) is 17.3 Å². The van der Waals surface area contributed by atoms with Gasteiger partial charge in [0.15, 0.2) is 0 Å². The van der Waals surface area contributed by atoms with Crippen LogP contribution in [-0.2, 0) is 20.1 Å². The molecular formula is C31H26GeIrN2O-2. The molecule has 1 radical (unpaired) electrons. The number of furan rings is 1. The van der Waals surface area contributed by atoms with E-state index < -0.39 is 13.3 Å². The van der Waals surface area contributed by atoms with Crippen LogP contribution in [-0.4, -0.2) is 23.2 Å². The summed E-state index contributed by atoms with van der Waals surface area (Å²) in [5, 5.41) is 2.28. The summed E-state index contributed by atoms with van der Waals surface area (Å²) in [6, 6.07) is 36.8. The second-order valence-corrected chi connectivity index (χ2v) is 20.0. The summed E-state index contributed by atoms with van der Waals surface area (Å²) in [5.41, 5.74) is 5.76. The van der Waals surface area contributed by atoms with Crippen molar-refractivity contribution in [3.63, 3.8) is 0 Å². The van der Waals surface area contributed by atoms with E-state index in [0.717, 1.165) is 44.5 Å². The number of rotatable bonds is 3. The molecule has 0 spiro atoms. The Morgan fingerprint density at radius 1 is 0.667 bits per heavy atom. The van der Waals surface area contributed by atoms with Crippen molar-refractivity contribution >= 4 is 39.6 Å². The van der Waals surface area contributed by atoms with Gasteiger partial charge >= 0.3 is 138 Å². The predicted octanol–water partition coefficient (Wildman–Crippen LogP) is 7.54. The van der Waals surface area contributed by atoms with E-state index in [9.17, 15) is 0 Å². The maximum absolute atomic E-state index is 6.04. The van der Waals surface area contributed by atoms with Gasteiger partial charge in [-0.3, -0.25) is 0 Å². The normalized spacial score (nSPS) is 11.0. The Kier molecular flexibility index (Phi) is 8.20. The monoisotopic (exact) mass is 709 g/mol. The fourth-order valence-corrected chi connectivity index (χ4v) is 6.33. The fraction of sp³-hybridized carbons (Fsp3) is 0.0968. The maximum Gasteiger partial charge on any atom is 0.0160 e. The average Bonchev–Trinajstić information content (AvgIpc) is 3.27. The molecular weight excluding hydrogens is 681 g/mol. The summed E-state index contributed by atoms with van der Waals surface area (Å²) in [6.45, 7) is 0. The van der Waals surface area contributed by atoms with Gasteiger partial charge in [0, 0.05) is 26.3 Å². The maximum atomic E-state index is 6.04. The topological polar surface area (TPSA) is 38.9 Å². The van der Waals surface area contributed by atoms with Gasteiger partial charge in [-0.15, -0.1) is 35.9 Å². The minimum Gasteiger partial charge on any atom is -0.305 e. The number of benzene rings is 3. The molecule has 0 aliphatic rings. The molecule has 0 bridgehead atoms. The molecule has 0 N–H and O–H groups in total. The first-order valence-corrected chi connectivity index (χ1v) is 19.0. The number of hydrogen-bond donors (Lipinski definition) is 0. The molecule has 0 atom stereocenters. The molecule has 0 aliphatic carbocycles. The van der Waals surface area contributed by atoms with Crippen LogP contribution in [0.25, 0.3) is 44.5 Å². The molecule has 6 aromatic rings. The molecule has 181 valence electrons. The smallest absolute Gasteiger partial charge is 0.0160 e. The zero-order valence-electron chi connectivity index (χ0n) is 20.5. The number of nitrogens with zero attached hydrogens (tertiary/aromatic N) is 2. The third-order valence-electron chi connectivity index (χ3n) is 5.86. The molecule has 0 saturated heterocycles. The van der Waals surface area contributed by atoms with E-state index in [2.05, 4.69) is 63.6 Å². The van der Waals surface area contributed by atoms with Gasteiger partial charge in [0.2, 0.25) is 0 Å². The van der Waals surface area contributed by atoms with Gasteiger partial charge in [0.1, 0.15) is 0 Å². The van der Waals surface area contributed by atoms with E-state index in [-0.39, 0.29) is 20.1 Å². The molecule has 0 saturated carbocycles. The summed E-state index contributed by atoms with van der Waals surface area (Å²) in [6.07, 6.45) is 3.61. The Hall–Kier alpha value is -3.05. The van der Waals surface area contributed by atoms with Crippen LogP contribution in [0.5, 0.6) is 0 Å². The first-order chi connectivity index (χ1) is 17.0. The van der Waals surface area contributed by atoms with E-state index >= 15 is 0 Å². The van der Waals surface area contributed by atoms with Crippen LogP contribution >= 0.6 is 0 Å². The van der Waals surface area contributed by atoms with Gasteiger partial charge in [-0.2, -0.15) is 0 Å². The number of pyridine rings is 2. The van der Waals surface area contributed by atoms with E-state index in [1.807, 2.05) is 72.9 Å². The van der Waals surface area contributed by atoms with Crippen LogP contribution in [0.4, 0.5) is 0 Å². The minimum atomic E-state index is -1.85. The minimum absolute atomic E-state index is 0. The predicted molar refractivity (Wildman–Crippen MR) is 147 cm³/mol. The third-order valence-corrected chi connectivity index (χ3v) is 10.1. The molecule has 0 aliphatic heterocycles. The molecule has 3 aromatic heterocycles. The van der Waals surface area contributed by atoms with Crippen molar-refractivity contribution in [2.75, 3.05) is 0 Å². The van der Waals surface area contributed by atoms with Gasteiger partial charge in [0.05, 0.1) is 0 Å². The zero-order chi connectivity index (χ0) is 24.3. The molecule has 5 heteroatoms.